The lowest BCUT2D eigenvalue weighted by atomic mass is 9.73. The molecule has 5 nitrogen and oxygen atoms in total. The third-order valence-corrected chi connectivity index (χ3v) is 5.26. The highest BCUT2D eigenvalue weighted by Gasteiger charge is 2.45. The third kappa shape index (κ3) is 4.32. The van der Waals surface area contributed by atoms with Gasteiger partial charge in [0.2, 0.25) is 0 Å². The van der Waals surface area contributed by atoms with Crippen LogP contribution in [0.4, 0.5) is 0 Å². The second-order valence-electron chi connectivity index (χ2n) is 8.38. The average molecular weight is 347 g/mol. The highest BCUT2D eigenvalue weighted by molar-refractivity contribution is 5.82. The molecule has 5 heteroatoms. The van der Waals surface area contributed by atoms with Crippen LogP contribution in [-0.4, -0.2) is 48.5 Å². The van der Waals surface area contributed by atoms with E-state index in [0.717, 1.165) is 44.8 Å². The molecule has 138 valence electrons. The minimum absolute atomic E-state index is 0.0544. The second kappa shape index (κ2) is 6.94. The molecular weight excluding hydrogens is 318 g/mol. The maximum atomic E-state index is 11.9. The Hall–Kier alpha value is -1.62. The van der Waals surface area contributed by atoms with Crippen molar-refractivity contribution in [2.45, 2.75) is 58.5 Å². The number of ketones is 1. The SMILES string of the molecule is CC(C)(C)OC(=O)CCN1CCC2(CC1)COC1=CCC(=O)CC=C12. The van der Waals surface area contributed by atoms with Crippen LogP contribution in [-0.2, 0) is 19.1 Å². The summed E-state index contributed by atoms with van der Waals surface area (Å²) in [5, 5.41) is 0. The van der Waals surface area contributed by atoms with Crippen molar-refractivity contribution in [1.29, 1.82) is 0 Å². The maximum absolute atomic E-state index is 11.9. The predicted molar refractivity (Wildman–Crippen MR) is 94.9 cm³/mol. The van der Waals surface area contributed by atoms with Crippen molar-refractivity contribution >= 4 is 11.8 Å². The number of hydrogen-bond donors (Lipinski definition) is 0. The molecule has 25 heavy (non-hydrogen) atoms. The lowest BCUT2D eigenvalue weighted by Crippen LogP contribution is -2.42. The van der Waals surface area contributed by atoms with Crippen LogP contribution in [0.3, 0.4) is 0 Å². The van der Waals surface area contributed by atoms with Crippen LogP contribution in [0.25, 0.3) is 0 Å². The van der Waals surface area contributed by atoms with Crippen LogP contribution in [0, 0.1) is 5.41 Å². The number of fused-ring (bicyclic) bond motifs is 2. The lowest BCUT2D eigenvalue weighted by molar-refractivity contribution is -0.155. The zero-order chi connectivity index (χ0) is 18.1. The molecule has 0 bridgehead atoms. The first-order valence-corrected chi connectivity index (χ1v) is 9.27. The minimum atomic E-state index is -0.420. The number of likely N-dealkylation sites (tertiary alicyclic amines) is 1. The fraction of sp³-hybridized carbons (Fsp3) is 0.700. The molecule has 3 aliphatic rings. The first kappa shape index (κ1) is 18.2. The standard InChI is InChI=1S/C20H29NO4/c1-19(2,3)25-18(23)8-11-21-12-9-20(10-13-21)14-24-17-7-5-15(22)4-6-16(17)20/h6-7H,4-5,8-14H2,1-3H3. The monoisotopic (exact) mass is 347 g/mol. The normalized spacial score (nSPS) is 23.4. The molecule has 0 atom stereocenters. The fourth-order valence-corrected chi connectivity index (χ4v) is 3.88. The van der Waals surface area contributed by atoms with Crippen molar-refractivity contribution in [3.63, 3.8) is 0 Å². The summed E-state index contributed by atoms with van der Waals surface area (Å²) in [6, 6.07) is 0. The smallest absolute Gasteiger partial charge is 0.307 e. The zero-order valence-electron chi connectivity index (χ0n) is 15.6. The van der Waals surface area contributed by atoms with E-state index in [1.54, 1.807) is 0 Å². The molecule has 2 heterocycles. The number of Topliss-reactive ketones (excluding diaryl/α,β-unsaturated/α-hetero) is 1. The van der Waals surface area contributed by atoms with Gasteiger partial charge in [-0.1, -0.05) is 6.08 Å². The number of rotatable bonds is 3. The number of carbonyl (C=O) groups is 2. The Morgan fingerprint density at radius 3 is 2.60 bits per heavy atom. The van der Waals surface area contributed by atoms with E-state index in [0.29, 0.717) is 19.3 Å². The second-order valence-corrected chi connectivity index (χ2v) is 8.38. The van der Waals surface area contributed by atoms with Gasteiger partial charge in [0.15, 0.2) is 0 Å². The molecule has 0 aromatic carbocycles. The molecule has 0 N–H and O–H groups in total. The quantitative estimate of drug-likeness (QED) is 0.735. The molecule has 3 rings (SSSR count). The van der Waals surface area contributed by atoms with Gasteiger partial charge in [0.1, 0.15) is 17.1 Å². The summed E-state index contributed by atoms with van der Waals surface area (Å²) in [7, 11) is 0. The Morgan fingerprint density at radius 1 is 1.24 bits per heavy atom. The molecular formula is C20H29NO4. The van der Waals surface area contributed by atoms with Crippen molar-refractivity contribution in [3.8, 4) is 0 Å². The molecule has 2 fully saturated rings. The van der Waals surface area contributed by atoms with Crippen LogP contribution in [0.1, 0.15) is 52.9 Å². The molecule has 2 aliphatic heterocycles. The third-order valence-electron chi connectivity index (χ3n) is 5.26. The molecule has 0 aromatic heterocycles. The number of nitrogens with zero attached hydrogens (tertiary/aromatic N) is 1. The largest absolute Gasteiger partial charge is 0.493 e. The van der Waals surface area contributed by atoms with E-state index in [1.807, 2.05) is 26.8 Å². The molecule has 0 amide bonds. The van der Waals surface area contributed by atoms with Crippen LogP contribution < -0.4 is 0 Å². The van der Waals surface area contributed by atoms with E-state index in [2.05, 4.69) is 11.0 Å². The van der Waals surface area contributed by atoms with Gasteiger partial charge in [-0.05, 0) is 58.4 Å². The van der Waals surface area contributed by atoms with E-state index in [9.17, 15) is 9.59 Å². The Balaban J connectivity index is 1.54. The predicted octanol–water partition coefficient (Wildman–Crippen LogP) is 3.00. The lowest BCUT2D eigenvalue weighted by Gasteiger charge is -2.38. The minimum Gasteiger partial charge on any atom is -0.493 e. The van der Waals surface area contributed by atoms with Gasteiger partial charge in [-0.3, -0.25) is 9.59 Å². The molecule has 2 saturated heterocycles. The summed E-state index contributed by atoms with van der Waals surface area (Å²) < 4.78 is 11.3. The van der Waals surface area contributed by atoms with Gasteiger partial charge in [0, 0.05) is 24.8 Å². The maximum Gasteiger partial charge on any atom is 0.307 e. The van der Waals surface area contributed by atoms with Crippen molar-refractivity contribution in [3.05, 3.63) is 23.5 Å². The van der Waals surface area contributed by atoms with Gasteiger partial charge in [0.05, 0.1) is 13.0 Å². The van der Waals surface area contributed by atoms with E-state index < -0.39 is 5.60 Å². The van der Waals surface area contributed by atoms with Gasteiger partial charge in [0.25, 0.3) is 0 Å². The number of esters is 1. The van der Waals surface area contributed by atoms with Gasteiger partial charge in [-0.2, -0.15) is 0 Å². The first-order valence-electron chi connectivity index (χ1n) is 9.27. The fourth-order valence-electron chi connectivity index (χ4n) is 3.88. The van der Waals surface area contributed by atoms with E-state index in [4.69, 9.17) is 9.47 Å². The van der Waals surface area contributed by atoms with E-state index in [-0.39, 0.29) is 17.2 Å². The number of ether oxygens (including phenoxy) is 2. The molecule has 0 unspecified atom stereocenters. The van der Waals surface area contributed by atoms with Crippen molar-refractivity contribution in [2.24, 2.45) is 5.41 Å². The van der Waals surface area contributed by atoms with Crippen molar-refractivity contribution in [1.82, 2.24) is 4.90 Å². The Bertz CT molecular complexity index is 604. The van der Waals surface area contributed by atoms with Gasteiger partial charge in [-0.15, -0.1) is 0 Å². The van der Waals surface area contributed by atoms with Crippen molar-refractivity contribution in [2.75, 3.05) is 26.2 Å². The summed E-state index contributed by atoms with van der Waals surface area (Å²) in [4.78, 5) is 25.9. The number of hydrogen-bond acceptors (Lipinski definition) is 5. The summed E-state index contributed by atoms with van der Waals surface area (Å²) in [5.74, 6) is 1.04. The summed E-state index contributed by atoms with van der Waals surface area (Å²) in [5.41, 5.74) is 0.875. The summed E-state index contributed by atoms with van der Waals surface area (Å²) >= 11 is 0. The highest BCUT2D eigenvalue weighted by Crippen LogP contribution is 2.48. The van der Waals surface area contributed by atoms with E-state index >= 15 is 0 Å². The molecule has 0 saturated carbocycles. The summed E-state index contributed by atoms with van der Waals surface area (Å²) in [6.07, 6.45) is 7.49. The molecule has 1 aliphatic carbocycles. The van der Waals surface area contributed by atoms with Crippen molar-refractivity contribution < 1.29 is 19.1 Å². The number of allylic oxidation sites excluding steroid dienone is 3. The van der Waals surface area contributed by atoms with Crippen LogP contribution in [0.2, 0.25) is 0 Å². The average Bonchev–Trinajstić information content (AvgIpc) is 2.73. The highest BCUT2D eigenvalue weighted by atomic mass is 16.6. The molecule has 0 radical (unpaired) electrons. The molecule has 0 aromatic rings. The van der Waals surface area contributed by atoms with Gasteiger partial charge in [-0.25, -0.2) is 0 Å². The van der Waals surface area contributed by atoms with Gasteiger partial charge >= 0.3 is 5.97 Å². The molecule has 1 spiro atoms. The van der Waals surface area contributed by atoms with Crippen LogP contribution in [0.15, 0.2) is 23.5 Å². The Morgan fingerprint density at radius 2 is 1.92 bits per heavy atom. The Kier molecular flexibility index (Phi) is 5.05. The van der Waals surface area contributed by atoms with Crippen LogP contribution in [0.5, 0.6) is 0 Å². The van der Waals surface area contributed by atoms with Gasteiger partial charge < -0.3 is 14.4 Å². The number of carbonyl (C=O) groups excluding carboxylic acids is 2. The van der Waals surface area contributed by atoms with E-state index in [1.165, 1.54) is 5.57 Å². The zero-order valence-corrected chi connectivity index (χ0v) is 15.6. The Labute approximate surface area is 150 Å². The summed E-state index contributed by atoms with van der Waals surface area (Å²) in [6.45, 7) is 9.05. The van der Waals surface area contributed by atoms with Crippen LogP contribution >= 0.6 is 0 Å². The first-order chi connectivity index (χ1) is 11.8. The topological polar surface area (TPSA) is 55.8 Å². The number of piperidine rings is 1.